The van der Waals surface area contributed by atoms with Gasteiger partial charge in [-0.1, -0.05) is 24.8 Å². The Labute approximate surface area is 205 Å². The highest BCUT2D eigenvalue weighted by Gasteiger charge is 2.24. The van der Waals surface area contributed by atoms with Gasteiger partial charge in [0.25, 0.3) is 5.91 Å². The quantitative estimate of drug-likeness (QED) is 0.540. The van der Waals surface area contributed by atoms with Gasteiger partial charge in [-0.05, 0) is 37.6 Å². The highest BCUT2D eigenvalue weighted by atomic mass is 16.2. The van der Waals surface area contributed by atoms with Crippen molar-refractivity contribution >= 4 is 23.4 Å². The van der Waals surface area contributed by atoms with Gasteiger partial charge in [0, 0.05) is 73.6 Å². The maximum absolute atomic E-state index is 12.3. The Hall–Kier alpha value is -3.49. The fourth-order valence-electron chi connectivity index (χ4n) is 4.76. The van der Waals surface area contributed by atoms with E-state index in [0.29, 0.717) is 18.0 Å². The fraction of sp³-hybridized carbons (Fsp3) is 0.370. The number of carbonyl (C=O) groups is 1. The highest BCUT2D eigenvalue weighted by Crippen LogP contribution is 2.30. The number of nitrogens with zero attached hydrogens (tertiary/aromatic N) is 5. The molecule has 2 N–H and O–H groups in total. The number of hydrogen-bond acceptors (Lipinski definition) is 6. The number of anilines is 1. The third-order valence-electron chi connectivity index (χ3n) is 6.97. The van der Waals surface area contributed by atoms with Gasteiger partial charge in [-0.3, -0.25) is 9.69 Å². The van der Waals surface area contributed by atoms with Crippen molar-refractivity contribution in [2.24, 2.45) is 0 Å². The molecule has 2 aliphatic heterocycles. The molecular weight excluding hydrogens is 438 g/mol. The zero-order chi connectivity index (χ0) is 23.9. The van der Waals surface area contributed by atoms with Crippen LogP contribution in [-0.4, -0.2) is 69.6 Å². The average Bonchev–Trinajstić information content (AvgIpc) is 3.48. The number of benzene rings is 1. The van der Waals surface area contributed by atoms with Crippen LogP contribution in [0, 0.1) is 0 Å². The average molecular weight is 470 g/mol. The Morgan fingerprint density at radius 1 is 1.20 bits per heavy atom. The first kappa shape index (κ1) is 22.0. The lowest BCUT2D eigenvalue weighted by atomic mass is 10.1. The fourth-order valence-corrected chi connectivity index (χ4v) is 4.76. The minimum absolute atomic E-state index is 0.0987. The van der Waals surface area contributed by atoms with Crippen LogP contribution in [0.15, 0.2) is 54.4 Å². The van der Waals surface area contributed by atoms with E-state index < -0.39 is 0 Å². The molecule has 0 unspecified atom stereocenters. The molecule has 1 aromatic carbocycles. The zero-order valence-electron chi connectivity index (χ0n) is 20.1. The van der Waals surface area contributed by atoms with Gasteiger partial charge in [-0.15, -0.1) is 0 Å². The molecule has 2 saturated heterocycles. The summed E-state index contributed by atoms with van der Waals surface area (Å²) in [6, 6.07) is 11.3. The van der Waals surface area contributed by atoms with E-state index in [9.17, 15) is 4.79 Å². The molecule has 2 aromatic heterocycles. The third-order valence-corrected chi connectivity index (χ3v) is 6.97. The smallest absolute Gasteiger partial charge is 0.251 e. The maximum atomic E-state index is 12.3. The second-order valence-corrected chi connectivity index (χ2v) is 9.96. The van der Waals surface area contributed by atoms with Crippen molar-refractivity contribution in [1.82, 2.24) is 29.7 Å². The lowest BCUT2D eigenvalue weighted by Gasteiger charge is -2.32. The summed E-state index contributed by atoms with van der Waals surface area (Å²) in [5.41, 5.74) is 6.27. The topological polar surface area (TPSA) is 77.8 Å². The third kappa shape index (κ3) is 4.72. The molecular formula is C27H31N7O. The summed E-state index contributed by atoms with van der Waals surface area (Å²) in [6.45, 7) is 9.23. The van der Waals surface area contributed by atoms with Crippen LogP contribution in [-0.2, 0) is 11.3 Å². The highest BCUT2D eigenvalue weighted by molar-refractivity contribution is 6.02. The number of hydrogen-bond donors (Lipinski definition) is 2. The van der Waals surface area contributed by atoms with Gasteiger partial charge in [0.1, 0.15) is 5.82 Å². The zero-order valence-corrected chi connectivity index (χ0v) is 20.1. The minimum Gasteiger partial charge on any atom is -0.367 e. The first-order valence-corrected chi connectivity index (χ1v) is 12.4. The largest absolute Gasteiger partial charge is 0.367 e. The number of carbonyl (C=O) groups excluding carboxylic acids is 1. The van der Waals surface area contributed by atoms with Gasteiger partial charge in [0.15, 0.2) is 5.65 Å². The number of piperazine rings is 1. The van der Waals surface area contributed by atoms with Crippen LogP contribution < -0.4 is 10.6 Å². The second kappa shape index (κ2) is 8.94. The predicted molar refractivity (Wildman–Crippen MR) is 138 cm³/mol. The normalized spacial score (nSPS) is 20.7. The maximum Gasteiger partial charge on any atom is 0.251 e. The summed E-state index contributed by atoms with van der Waals surface area (Å²) in [6.07, 6.45) is 6.53. The second-order valence-electron chi connectivity index (χ2n) is 9.96. The molecule has 3 fully saturated rings. The van der Waals surface area contributed by atoms with Gasteiger partial charge in [-0.25, -0.2) is 4.98 Å². The van der Waals surface area contributed by atoms with Crippen molar-refractivity contribution < 1.29 is 4.79 Å². The van der Waals surface area contributed by atoms with Crippen molar-refractivity contribution in [3.63, 3.8) is 0 Å². The monoisotopic (exact) mass is 469 g/mol. The molecule has 8 heteroatoms. The molecule has 0 radical (unpaired) electrons. The van der Waals surface area contributed by atoms with Crippen molar-refractivity contribution in [3.8, 4) is 11.3 Å². The number of likely N-dealkylation sites (N-methyl/N-ethyl adjacent to an activating group) is 1. The van der Waals surface area contributed by atoms with Gasteiger partial charge >= 0.3 is 0 Å². The lowest BCUT2D eigenvalue weighted by molar-refractivity contribution is -0.115. The molecule has 6 rings (SSSR count). The first-order chi connectivity index (χ1) is 17.0. The number of fused-ring (bicyclic) bond motifs is 1. The van der Waals surface area contributed by atoms with E-state index in [0.717, 1.165) is 66.7 Å². The predicted octanol–water partition coefficient (Wildman–Crippen LogP) is 3.14. The molecule has 180 valence electrons. The Morgan fingerprint density at radius 3 is 2.77 bits per heavy atom. The summed E-state index contributed by atoms with van der Waals surface area (Å²) in [7, 11) is 2.18. The van der Waals surface area contributed by atoms with Crippen LogP contribution >= 0.6 is 0 Å². The number of allylic oxidation sites excluding steroid dienone is 1. The van der Waals surface area contributed by atoms with Crippen LogP contribution in [0.3, 0.4) is 0 Å². The van der Waals surface area contributed by atoms with Crippen LogP contribution in [0.5, 0.6) is 0 Å². The molecule has 1 amide bonds. The van der Waals surface area contributed by atoms with Gasteiger partial charge in [0.2, 0.25) is 0 Å². The molecule has 0 bridgehead atoms. The SMILES string of the molecule is C=C1C/C(=C\c2cnn3c(NC4CC4)cc(-c4cccc(CN5CCN(C)CC5)c4)nc23)C(=O)N1. The van der Waals surface area contributed by atoms with E-state index in [2.05, 4.69) is 69.5 Å². The van der Waals surface area contributed by atoms with Crippen LogP contribution in [0.2, 0.25) is 0 Å². The summed E-state index contributed by atoms with van der Waals surface area (Å²) in [5, 5.41) is 11.0. The summed E-state index contributed by atoms with van der Waals surface area (Å²) in [4.78, 5) is 22.2. The summed E-state index contributed by atoms with van der Waals surface area (Å²) in [5.74, 6) is 0.834. The lowest BCUT2D eigenvalue weighted by Crippen LogP contribution is -2.43. The van der Waals surface area contributed by atoms with E-state index in [1.807, 2.05) is 10.6 Å². The Morgan fingerprint density at radius 2 is 2.03 bits per heavy atom. The van der Waals surface area contributed by atoms with E-state index in [-0.39, 0.29) is 5.91 Å². The molecule has 4 heterocycles. The van der Waals surface area contributed by atoms with Crippen LogP contribution in [0.4, 0.5) is 5.82 Å². The molecule has 0 atom stereocenters. The van der Waals surface area contributed by atoms with Crippen molar-refractivity contribution in [2.45, 2.75) is 31.8 Å². The van der Waals surface area contributed by atoms with E-state index >= 15 is 0 Å². The summed E-state index contributed by atoms with van der Waals surface area (Å²) >= 11 is 0. The number of rotatable bonds is 6. The van der Waals surface area contributed by atoms with Gasteiger partial charge < -0.3 is 15.5 Å². The van der Waals surface area contributed by atoms with Crippen LogP contribution in [0.25, 0.3) is 23.0 Å². The molecule has 35 heavy (non-hydrogen) atoms. The first-order valence-electron chi connectivity index (χ1n) is 12.4. The van der Waals surface area contributed by atoms with Gasteiger partial charge in [0.05, 0.1) is 11.9 Å². The Kier molecular flexibility index (Phi) is 5.62. The van der Waals surface area contributed by atoms with E-state index in [1.165, 1.54) is 18.4 Å². The van der Waals surface area contributed by atoms with Gasteiger partial charge in [-0.2, -0.15) is 9.61 Å². The molecule has 0 spiro atoms. The molecule has 3 aliphatic rings. The summed E-state index contributed by atoms with van der Waals surface area (Å²) < 4.78 is 1.85. The van der Waals surface area contributed by atoms with E-state index in [4.69, 9.17) is 4.98 Å². The Balaban J connectivity index is 1.36. The van der Waals surface area contributed by atoms with Crippen molar-refractivity contribution in [2.75, 3.05) is 38.5 Å². The standard InChI is InChI=1S/C27H31N7O/c1-18-12-21(27(35)29-18)14-22-16-28-34-25(30-23-6-7-23)15-24(31-26(22)34)20-5-3-4-19(13-20)17-33-10-8-32(2)9-11-33/h3-5,13-16,23,30H,1,6-12,17H2,2H3,(H,29,35)/b21-14+. The van der Waals surface area contributed by atoms with Crippen molar-refractivity contribution in [1.29, 1.82) is 0 Å². The van der Waals surface area contributed by atoms with Crippen molar-refractivity contribution in [3.05, 3.63) is 65.5 Å². The minimum atomic E-state index is -0.0987. The number of nitrogens with one attached hydrogen (secondary N) is 2. The van der Waals surface area contributed by atoms with Crippen LogP contribution in [0.1, 0.15) is 30.4 Å². The molecule has 3 aromatic rings. The van der Waals surface area contributed by atoms with E-state index in [1.54, 1.807) is 6.20 Å². The molecule has 1 aliphatic carbocycles. The number of aromatic nitrogens is 3. The molecule has 1 saturated carbocycles. The molecule has 8 nitrogen and oxygen atoms in total. The number of amides is 1. The Bertz CT molecular complexity index is 1330.